The van der Waals surface area contributed by atoms with E-state index >= 15 is 0 Å². The van der Waals surface area contributed by atoms with Crippen LogP contribution in [-0.2, 0) is 11.3 Å². The minimum atomic E-state index is -0.438. The summed E-state index contributed by atoms with van der Waals surface area (Å²) in [5.41, 5.74) is 2.12. The molecule has 22 heavy (non-hydrogen) atoms. The number of amides is 1. The van der Waals surface area contributed by atoms with Gasteiger partial charge in [0, 0.05) is 24.8 Å². The molecule has 2 aromatic rings. The molecule has 0 radical (unpaired) electrons. The minimum Gasteiger partial charge on any atom is -0.444 e. The molecule has 1 amide bonds. The summed E-state index contributed by atoms with van der Waals surface area (Å²) >= 11 is 0. The molecule has 0 aliphatic heterocycles. The Morgan fingerprint density at radius 3 is 2.73 bits per heavy atom. The first-order valence-electron chi connectivity index (χ1n) is 7.87. The van der Waals surface area contributed by atoms with E-state index in [2.05, 4.69) is 47.3 Å². The van der Waals surface area contributed by atoms with Gasteiger partial charge in [0.05, 0.1) is 0 Å². The molecule has 1 aromatic carbocycles. The third kappa shape index (κ3) is 4.79. The largest absolute Gasteiger partial charge is 0.444 e. The van der Waals surface area contributed by atoms with Gasteiger partial charge in [0.1, 0.15) is 5.60 Å². The summed E-state index contributed by atoms with van der Waals surface area (Å²) in [7, 11) is 0. The Labute approximate surface area is 132 Å². The number of carbonyl (C=O) groups excluding carboxylic acids is 1. The monoisotopic (exact) mass is 302 g/mol. The van der Waals surface area contributed by atoms with Gasteiger partial charge in [-0.1, -0.05) is 11.6 Å². The molecular formula is C18H26N2O2. The number of hydrogen-bond donors (Lipinski definition) is 1. The summed E-state index contributed by atoms with van der Waals surface area (Å²) in [6.07, 6.45) is 3.75. The second kappa shape index (κ2) is 6.86. The highest BCUT2D eigenvalue weighted by molar-refractivity contribution is 5.80. The summed E-state index contributed by atoms with van der Waals surface area (Å²) in [5.74, 6) is 0. The number of aromatic nitrogens is 1. The van der Waals surface area contributed by atoms with Gasteiger partial charge in [0.2, 0.25) is 0 Å². The lowest BCUT2D eigenvalue weighted by Gasteiger charge is -2.19. The molecule has 1 aromatic heterocycles. The van der Waals surface area contributed by atoms with Crippen LogP contribution in [0.25, 0.3) is 10.9 Å². The van der Waals surface area contributed by atoms with E-state index in [9.17, 15) is 4.79 Å². The molecule has 2 rings (SSSR count). The number of carbonyl (C=O) groups is 1. The first kappa shape index (κ1) is 16.4. The van der Waals surface area contributed by atoms with Crippen LogP contribution in [0.3, 0.4) is 0 Å². The Morgan fingerprint density at radius 2 is 2.00 bits per heavy atom. The van der Waals surface area contributed by atoms with Crippen LogP contribution in [0.15, 0.2) is 30.5 Å². The van der Waals surface area contributed by atoms with E-state index in [4.69, 9.17) is 4.74 Å². The predicted octanol–water partition coefficient (Wildman–Crippen LogP) is 4.25. The third-order valence-corrected chi connectivity index (χ3v) is 3.42. The lowest BCUT2D eigenvalue weighted by molar-refractivity contribution is 0.0527. The van der Waals surface area contributed by atoms with Crippen molar-refractivity contribution < 1.29 is 9.53 Å². The van der Waals surface area contributed by atoms with E-state index in [-0.39, 0.29) is 6.09 Å². The second-order valence-corrected chi connectivity index (χ2v) is 6.71. The van der Waals surface area contributed by atoms with E-state index in [1.807, 2.05) is 20.8 Å². The van der Waals surface area contributed by atoms with Crippen LogP contribution in [0.2, 0.25) is 0 Å². The van der Waals surface area contributed by atoms with Gasteiger partial charge in [-0.2, -0.15) is 0 Å². The standard InChI is InChI=1S/C18H26N2O2/c1-14-7-8-16-15(13-14)9-12-20(16)11-6-5-10-19-17(21)22-18(2,3)4/h7-9,12-13H,5-6,10-11H2,1-4H3,(H,19,21). The number of nitrogens with one attached hydrogen (secondary N) is 1. The molecule has 0 fully saturated rings. The van der Waals surface area contributed by atoms with Crippen LogP contribution in [0.1, 0.15) is 39.2 Å². The van der Waals surface area contributed by atoms with Crippen molar-refractivity contribution in [2.75, 3.05) is 6.54 Å². The number of rotatable bonds is 5. The lowest BCUT2D eigenvalue weighted by Crippen LogP contribution is -2.33. The van der Waals surface area contributed by atoms with Gasteiger partial charge in [-0.05, 0) is 64.1 Å². The molecule has 4 heteroatoms. The van der Waals surface area contributed by atoms with Crippen molar-refractivity contribution in [1.82, 2.24) is 9.88 Å². The zero-order valence-corrected chi connectivity index (χ0v) is 14.0. The molecule has 0 saturated carbocycles. The van der Waals surface area contributed by atoms with Crippen molar-refractivity contribution in [1.29, 1.82) is 0 Å². The fraction of sp³-hybridized carbons (Fsp3) is 0.500. The molecule has 0 spiro atoms. The van der Waals surface area contributed by atoms with Crippen LogP contribution in [0, 0.1) is 6.92 Å². The maximum Gasteiger partial charge on any atom is 0.407 e. The second-order valence-electron chi connectivity index (χ2n) is 6.71. The topological polar surface area (TPSA) is 43.3 Å². The average molecular weight is 302 g/mol. The maximum absolute atomic E-state index is 11.5. The Bertz CT molecular complexity index is 638. The van der Waals surface area contributed by atoms with Crippen LogP contribution < -0.4 is 5.32 Å². The summed E-state index contributed by atoms with van der Waals surface area (Å²) in [4.78, 5) is 11.5. The highest BCUT2D eigenvalue weighted by atomic mass is 16.6. The number of unbranched alkanes of at least 4 members (excludes halogenated alkanes) is 1. The summed E-state index contributed by atoms with van der Waals surface area (Å²) in [6, 6.07) is 8.67. The van der Waals surface area contributed by atoms with E-state index in [0.717, 1.165) is 19.4 Å². The van der Waals surface area contributed by atoms with Gasteiger partial charge in [-0.25, -0.2) is 4.79 Å². The van der Waals surface area contributed by atoms with E-state index in [0.29, 0.717) is 6.54 Å². The molecule has 0 unspecified atom stereocenters. The molecule has 0 aliphatic rings. The molecule has 4 nitrogen and oxygen atoms in total. The highest BCUT2D eigenvalue weighted by Gasteiger charge is 2.15. The van der Waals surface area contributed by atoms with Gasteiger partial charge in [0.15, 0.2) is 0 Å². The third-order valence-electron chi connectivity index (χ3n) is 3.42. The molecule has 0 atom stereocenters. The SMILES string of the molecule is Cc1ccc2c(ccn2CCCCNC(=O)OC(C)(C)C)c1. The van der Waals surface area contributed by atoms with Gasteiger partial charge >= 0.3 is 6.09 Å². The van der Waals surface area contributed by atoms with Crippen molar-refractivity contribution in [3.63, 3.8) is 0 Å². The lowest BCUT2D eigenvalue weighted by atomic mass is 10.2. The van der Waals surface area contributed by atoms with Crippen molar-refractivity contribution in [3.05, 3.63) is 36.0 Å². The van der Waals surface area contributed by atoms with Gasteiger partial charge in [0.25, 0.3) is 0 Å². The molecule has 120 valence electrons. The number of alkyl carbamates (subject to hydrolysis) is 1. The fourth-order valence-electron chi connectivity index (χ4n) is 2.43. The smallest absolute Gasteiger partial charge is 0.407 e. The number of benzene rings is 1. The zero-order valence-electron chi connectivity index (χ0n) is 14.0. The number of hydrogen-bond acceptors (Lipinski definition) is 2. The number of fused-ring (bicyclic) bond motifs is 1. The molecule has 1 heterocycles. The maximum atomic E-state index is 11.5. The summed E-state index contributed by atoms with van der Waals surface area (Å²) in [5, 5.41) is 4.08. The molecule has 0 aliphatic carbocycles. The molecule has 0 bridgehead atoms. The highest BCUT2D eigenvalue weighted by Crippen LogP contribution is 2.17. The van der Waals surface area contributed by atoms with Crippen LogP contribution in [0.4, 0.5) is 4.79 Å². The number of nitrogens with zero attached hydrogens (tertiary/aromatic N) is 1. The van der Waals surface area contributed by atoms with Crippen LogP contribution in [0.5, 0.6) is 0 Å². The van der Waals surface area contributed by atoms with Crippen LogP contribution in [-0.4, -0.2) is 22.8 Å². The molecule has 0 saturated heterocycles. The van der Waals surface area contributed by atoms with Crippen molar-refractivity contribution in [3.8, 4) is 0 Å². The Hall–Kier alpha value is -1.97. The fourth-order valence-corrected chi connectivity index (χ4v) is 2.43. The van der Waals surface area contributed by atoms with Crippen LogP contribution >= 0.6 is 0 Å². The van der Waals surface area contributed by atoms with E-state index in [1.165, 1.54) is 16.5 Å². The van der Waals surface area contributed by atoms with Crippen molar-refractivity contribution in [2.45, 2.75) is 52.7 Å². The molecule has 1 N–H and O–H groups in total. The average Bonchev–Trinajstić information content (AvgIpc) is 2.78. The Balaban J connectivity index is 1.73. The first-order chi connectivity index (χ1) is 10.3. The van der Waals surface area contributed by atoms with Gasteiger partial charge in [-0.15, -0.1) is 0 Å². The van der Waals surface area contributed by atoms with E-state index in [1.54, 1.807) is 0 Å². The summed E-state index contributed by atoms with van der Waals surface area (Å²) < 4.78 is 7.47. The predicted molar refractivity (Wildman–Crippen MR) is 90.1 cm³/mol. The van der Waals surface area contributed by atoms with Crippen molar-refractivity contribution >= 4 is 17.0 Å². The Morgan fingerprint density at radius 1 is 1.23 bits per heavy atom. The zero-order chi connectivity index (χ0) is 16.2. The van der Waals surface area contributed by atoms with E-state index < -0.39 is 5.60 Å². The molecular weight excluding hydrogens is 276 g/mol. The normalized spacial score (nSPS) is 11.6. The first-order valence-corrected chi connectivity index (χ1v) is 7.87. The minimum absolute atomic E-state index is 0.339. The summed E-state index contributed by atoms with van der Waals surface area (Å²) in [6.45, 7) is 9.32. The quantitative estimate of drug-likeness (QED) is 0.839. The Kier molecular flexibility index (Phi) is 5.11. The number of ether oxygens (including phenoxy) is 1. The van der Waals surface area contributed by atoms with Crippen molar-refractivity contribution in [2.24, 2.45) is 0 Å². The van der Waals surface area contributed by atoms with Gasteiger partial charge in [-0.3, -0.25) is 0 Å². The van der Waals surface area contributed by atoms with Gasteiger partial charge < -0.3 is 14.6 Å². The number of aryl methyl sites for hydroxylation is 2.